The highest BCUT2D eigenvalue weighted by molar-refractivity contribution is 7.99. The summed E-state index contributed by atoms with van der Waals surface area (Å²) >= 11 is 1.95. The lowest BCUT2D eigenvalue weighted by molar-refractivity contribution is 0.119. The van der Waals surface area contributed by atoms with Crippen LogP contribution in [0.4, 0.5) is 0 Å². The van der Waals surface area contributed by atoms with Gasteiger partial charge in [-0.05, 0) is 43.3 Å². The number of nitrogens with zero attached hydrogens (tertiary/aromatic N) is 2. The fraction of sp³-hybridized carbons (Fsp3) is 0.769. The molecule has 1 aliphatic heterocycles. The zero-order valence-electron chi connectivity index (χ0n) is 10.7. The van der Waals surface area contributed by atoms with E-state index in [1.54, 1.807) is 0 Å². The van der Waals surface area contributed by atoms with Gasteiger partial charge >= 0.3 is 0 Å². The molecule has 1 saturated heterocycles. The van der Waals surface area contributed by atoms with E-state index in [0.717, 1.165) is 24.3 Å². The van der Waals surface area contributed by atoms with Gasteiger partial charge in [0.25, 0.3) is 0 Å². The predicted octanol–water partition coefficient (Wildman–Crippen LogP) is 2.51. The van der Waals surface area contributed by atoms with Crippen LogP contribution in [0.5, 0.6) is 0 Å². The van der Waals surface area contributed by atoms with Crippen LogP contribution in [0.1, 0.15) is 38.4 Å². The van der Waals surface area contributed by atoms with Gasteiger partial charge in [-0.2, -0.15) is 16.9 Å². The van der Waals surface area contributed by atoms with Crippen molar-refractivity contribution in [3.05, 3.63) is 18.0 Å². The molecule has 3 unspecified atom stereocenters. The standard InChI is InChI=1S/C13H22N2OS/c1-3-10(2)15-6-4-12(14-15)8-13(16)11-5-7-17-9-11/h4,6,10-11,13,16H,3,5,7-9H2,1-2H3. The summed E-state index contributed by atoms with van der Waals surface area (Å²) in [5.41, 5.74) is 1.02. The third-order valence-corrected chi connectivity index (χ3v) is 4.82. The van der Waals surface area contributed by atoms with Gasteiger partial charge in [-0.3, -0.25) is 4.68 Å². The van der Waals surface area contributed by atoms with Crippen molar-refractivity contribution < 1.29 is 5.11 Å². The van der Waals surface area contributed by atoms with Gasteiger partial charge < -0.3 is 5.11 Å². The topological polar surface area (TPSA) is 38.0 Å². The van der Waals surface area contributed by atoms with Crippen molar-refractivity contribution >= 4 is 11.8 Å². The van der Waals surface area contributed by atoms with E-state index >= 15 is 0 Å². The van der Waals surface area contributed by atoms with E-state index in [2.05, 4.69) is 18.9 Å². The van der Waals surface area contributed by atoms with Crippen molar-refractivity contribution in [2.45, 2.75) is 45.3 Å². The van der Waals surface area contributed by atoms with Crippen LogP contribution in [0.3, 0.4) is 0 Å². The normalized spacial score (nSPS) is 23.8. The minimum absolute atomic E-state index is 0.217. The van der Waals surface area contributed by atoms with Crippen LogP contribution < -0.4 is 0 Å². The highest BCUT2D eigenvalue weighted by atomic mass is 32.2. The maximum absolute atomic E-state index is 10.1. The molecule has 4 heteroatoms. The molecule has 1 aromatic rings. The molecule has 1 N–H and O–H groups in total. The summed E-state index contributed by atoms with van der Waals surface area (Å²) in [4.78, 5) is 0. The van der Waals surface area contributed by atoms with Crippen LogP contribution >= 0.6 is 11.8 Å². The van der Waals surface area contributed by atoms with Crippen LogP contribution in [0.2, 0.25) is 0 Å². The number of hydrogen-bond donors (Lipinski definition) is 1. The Morgan fingerprint density at radius 1 is 1.65 bits per heavy atom. The van der Waals surface area contributed by atoms with Crippen molar-refractivity contribution in [2.75, 3.05) is 11.5 Å². The molecule has 0 amide bonds. The maximum Gasteiger partial charge on any atom is 0.0650 e. The Morgan fingerprint density at radius 2 is 2.47 bits per heavy atom. The third-order valence-electron chi connectivity index (χ3n) is 3.63. The Labute approximate surface area is 108 Å². The second-order valence-electron chi connectivity index (χ2n) is 4.94. The van der Waals surface area contributed by atoms with E-state index in [-0.39, 0.29) is 6.10 Å². The van der Waals surface area contributed by atoms with Gasteiger partial charge in [0.05, 0.1) is 11.8 Å². The van der Waals surface area contributed by atoms with Crippen molar-refractivity contribution in [3.8, 4) is 0 Å². The largest absolute Gasteiger partial charge is 0.392 e. The van der Waals surface area contributed by atoms with Gasteiger partial charge in [-0.1, -0.05) is 6.92 Å². The van der Waals surface area contributed by atoms with Gasteiger partial charge in [0.2, 0.25) is 0 Å². The van der Waals surface area contributed by atoms with E-state index in [0.29, 0.717) is 18.4 Å². The van der Waals surface area contributed by atoms with Crippen LogP contribution in [-0.2, 0) is 6.42 Å². The molecule has 2 rings (SSSR count). The van der Waals surface area contributed by atoms with Crippen LogP contribution in [-0.4, -0.2) is 32.5 Å². The summed E-state index contributed by atoms with van der Waals surface area (Å²) < 4.78 is 2.01. The highest BCUT2D eigenvalue weighted by Crippen LogP contribution is 2.27. The molecular weight excluding hydrogens is 232 g/mol. The minimum Gasteiger partial charge on any atom is -0.392 e. The Hall–Kier alpha value is -0.480. The molecule has 96 valence electrons. The number of aromatic nitrogens is 2. The second-order valence-corrected chi connectivity index (χ2v) is 6.09. The lowest BCUT2D eigenvalue weighted by atomic mass is 9.98. The molecule has 3 nitrogen and oxygen atoms in total. The number of rotatable bonds is 5. The SMILES string of the molecule is CCC(C)n1ccc(CC(O)C2CCSC2)n1. The summed E-state index contributed by atoms with van der Waals surface area (Å²) in [5, 5.41) is 14.7. The summed E-state index contributed by atoms with van der Waals surface area (Å²) in [6, 6.07) is 2.49. The van der Waals surface area contributed by atoms with Crippen molar-refractivity contribution in [2.24, 2.45) is 5.92 Å². The molecule has 1 aromatic heterocycles. The summed E-state index contributed by atoms with van der Waals surface area (Å²) in [6.45, 7) is 4.33. The second kappa shape index (κ2) is 5.91. The Morgan fingerprint density at radius 3 is 3.12 bits per heavy atom. The Balaban J connectivity index is 1.91. The van der Waals surface area contributed by atoms with Gasteiger partial charge in [-0.15, -0.1) is 0 Å². The predicted molar refractivity (Wildman–Crippen MR) is 72.4 cm³/mol. The zero-order chi connectivity index (χ0) is 12.3. The van der Waals surface area contributed by atoms with E-state index in [1.807, 2.05) is 28.7 Å². The molecular formula is C13H22N2OS. The maximum atomic E-state index is 10.1. The molecule has 2 heterocycles. The van der Waals surface area contributed by atoms with Gasteiger partial charge in [-0.25, -0.2) is 0 Å². The molecule has 3 atom stereocenters. The molecule has 0 bridgehead atoms. The van der Waals surface area contributed by atoms with E-state index in [9.17, 15) is 5.11 Å². The fourth-order valence-electron chi connectivity index (χ4n) is 2.16. The average Bonchev–Trinajstić information content (AvgIpc) is 2.98. The molecule has 17 heavy (non-hydrogen) atoms. The molecule has 1 fully saturated rings. The molecule has 0 aliphatic carbocycles. The summed E-state index contributed by atoms with van der Waals surface area (Å²) in [6.07, 6.45) is 4.75. The van der Waals surface area contributed by atoms with Crippen molar-refractivity contribution in [3.63, 3.8) is 0 Å². The van der Waals surface area contributed by atoms with E-state index in [4.69, 9.17) is 0 Å². The van der Waals surface area contributed by atoms with Crippen LogP contribution in [0.25, 0.3) is 0 Å². The Kier molecular flexibility index (Phi) is 4.51. The molecule has 0 radical (unpaired) electrons. The van der Waals surface area contributed by atoms with Crippen LogP contribution in [0.15, 0.2) is 12.3 Å². The quantitative estimate of drug-likeness (QED) is 0.877. The van der Waals surface area contributed by atoms with E-state index in [1.165, 1.54) is 5.75 Å². The van der Waals surface area contributed by atoms with Crippen molar-refractivity contribution in [1.82, 2.24) is 9.78 Å². The third kappa shape index (κ3) is 3.26. The molecule has 1 aliphatic rings. The number of aliphatic hydroxyl groups is 1. The van der Waals surface area contributed by atoms with E-state index < -0.39 is 0 Å². The first kappa shape index (κ1) is 13.0. The van der Waals surface area contributed by atoms with Gasteiger partial charge in [0.1, 0.15) is 0 Å². The molecule has 0 spiro atoms. The first-order valence-corrected chi connectivity index (χ1v) is 7.66. The first-order chi connectivity index (χ1) is 8.20. The lowest BCUT2D eigenvalue weighted by Crippen LogP contribution is -2.22. The minimum atomic E-state index is -0.217. The lowest BCUT2D eigenvalue weighted by Gasteiger charge is -2.15. The van der Waals surface area contributed by atoms with Gasteiger partial charge in [0, 0.05) is 18.7 Å². The Bertz CT molecular complexity index is 347. The fourth-order valence-corrected chi connectivity index (χ4v) is 3.48. The monoisotopic (exact) mass is 254 g/mol. The first-order valence-electron chi connectivity index (χ1n) is 6.50. The number of hydrogen-bond acceptors (Lipinski definition) is 3. The zero-order valence-corrected chi connectivity index (χ0v) is 11.5. The van der Waals surface area contributed by atoms with Crippen molar-refractivity contribution in [1.29, 1.82) is 0 Å². The number of thioether (sulfide) groups is 1. The number of aliphatic hydroxyl groups excluding tert-OH is 1. The smallest absolute Gasteiger partial charge is 0.0650 e. The molecule has 0 saturated carbocycles. The average molecular weight is 254 g/mol. The van der Waals surface area contributed by atoms with Crippen LogP contribution in [0, 0.1) is 5.92 Å². The summed E-state index contributed by atoms with van der Waals surface area (Å²) in [5.74, 6) is 2.77. The summed E-state index contributed by atoms with van der Waals surface area (Å²) in [7, 11) is 0. The van der Waals surface area contributed by atoms with Gasteiger partial charge in [0.15, 0.2) is 0 Å². The highest BCUT2D eigenvalue weighted by Gasteiger charge is 2.24. The molecule has 0 aromatic carbocycles.